The molecule has 6 nitrogen and oxygen atoms in total. The molecule has 0 fully saturated rings. The zero-order valence-electron chi connectivity index (χ0n) is 20.0. The van der Waals surface area contributed by atoms with Crippen LogP contribution >= 0.6 is 11.6 Å². The first-order valence-electron chi connectivity index (χ1n) is 11.9. The average Bonchev–Trinajstić information content (AvgIpc) is 3.53. The Morgan fingerprint density at radius 2 is 1.81 bits per heavy atom. The fourth-order valence-corrected chi connectivity index (χ4v) is 5.70. The van der Waals surface area contributed by atoms with E-state index in [1.165, 1.54) is 0 Å². The Morgan fingerprint density at radius 3 is 2.56 bits per heavy atom. The lowest BCUT2D eigenvalue weighted by molar-refractivity contribution is -0.118. The van der Waals surface area contributed by atoms with Crippen LogP contribution in [0.25, 0.3) is 5.82 Å². The van der Waals surface area contributed by atoms with Crippen LogP contribution in [0.5, 0.6) is 11.5 Å². The minimum absolute atomic E-state index is 0.0512. The van der Waals surface area contributed by atoms with E-state index in [4.69, 9.17) is 21.1 Å². The molecule has 0 radical (unpaired) electrons. The highest BCUT2D eigenvalue weighted by Gasteiger charge is 2.45. The normalized spacial score (nSPS) is 20.4. The minimum atomic E-state index is -0.532. The largest absolute Gasteiger partial charge is 0.454 e. The van der Waals surface area contributed by atoms with E-state index in [1.54, 1.807) is 0 Å². The van der Waals surface area contributed by atoms with E-state index in [1.807, 2.05) is 76.5 Å². The van der Waals surface area contributed by atoms with Crippen LogP contribution in [0.2, 0.25) is 5.02 Å². The molecule has 3 heterocycles. The summed E-state index contributed by atoms with van der Waals surface area (Å²) in [5.74, 6) is 1.49. The summed E-state index contributed by atoms with van der Waals surface area (Å²) in [4.78, 5) is 15.9. The number of fused-ring (bicyclic) bond motifs is 1. The molecule has 0 amide bonds. The molecule has 3 aromatic rings. The number of allylic oxidation sites excluding steroid dienone is 3. The van der Waals surface area contributed by atoms with Crippen LogP contribution in [0.4, 0.5) is 5.69 Å². The van der Waals surface area contributed by atoms with E-state index in [0.29, 0.717) is 46.3 Å². The predicted molar refractivity (Wildman–Crippen MR) is 138 cm³/mol. The topological polar surface area (TPSA) is 67.5 Å². The fourth-order valence-electron chi connectivity index (χ4n) is 5.51. The predicted octanol–water partition coefficient (Wildman–Crippen LogP) is 6.51. The molecule has 1 aliphatic carbocycles. The molecular weight excluding hydrogens is 474 g/mol. The van der Waals surface area contributed by atoms with Crippen LogP contribution in [-0.4, -0.2) is 17.1 Å². The van der Waals surface area contributed by atoms with Gasteiger partial charge in [0.25, 0.3) is 0 Å². The Kier molecular flexibility index (Phi) is 5.20. The number of aromatic nitrogens is 1. The standard InChI is InChI=1S/C29H24ClN3O3/c1-29(2)14-22-27(23(34)15-29)26(18-8-9-24-25(12-18)36-17-35-24)21(16-31)28(32-10-3-4-11-32)33(22)20-7-5-6-19(30)13-20/h3-13,26H,14-15,17H2,1-2H3. The summed E-state index contributed by atoms with van der Waals surface area (Å²) in [6, 6.07) is 19.5. The van der Waals surface area contributed by atoms with Gasteiger partial charge >= 0.3 is 0 Å². The number of ether oxygens (including phenoxy) is 2. The molecular formula is C29H24ClN3O3. The number of halogens is 1. The van der Waals surface area contributed by atoms with Gasteiger partial charge in [-0.15, -0.1) is 0 Å². The van der Waals surface area contributed by atoms with Gasteiger partial charge in [-0.3, -0.25) is 9.69 Å². The molecule has 7 heteroatoms. The van der Waals surface area contributed by atoms with E-state index in [-0.39, 0.29) is 18.0 Å². The third kappa shape index (κ3) is 3.59. The van der Waals surface area contributed by atoms with Gasteiger partial charge in [-0.05, 0) is 59.9 Å². The number of ketones is 1. The van der Waals surface area contributed by atoms with Gasteiger partial charge in [0.1, 0.15) is 5.82 Å². The number of anilines is 1. The number of nitrogens with zero attached hydrogens (tertiary/aromatic N) is 3. The SMILES string of the molecule is CC1(C)CC(=O)C2=C(C1)N(c1cccc(Cl)c1)C(n1cccc1)=C(C#N)C2c1ccc2c(c1)OCO2. The van der Waals surface area contributed by atoms with Gasteiger partial charge in [-0.2, -0.15) is 5.26 Å². The first kappa shape index (κ1) is 22.5. The summed E-state index contributed by atoms with van der Waals surface area (Å²) in [6.07, 6.45) is 4.92. The number of nitriles is 1. The molecule has 2 aliphatic heterocycles. The number of carbonyl (C=O) groups excluding carboxylic acids is 1. The zero-order valence-corrected chi connectivity index (χ0v) is 20.7. The zero-order chi connectivity index (χ0) is 25.0. The minimum Gasteiger partial charge on any atom is -0.454 e. The lowest BCUT2D eigenvalue weighted by Gasteiger charge is -2.45. The van der Waals surface area contributed by atoms with Crippen molar-refractivity contribution in [2.45, 2.75) is 32.6 Å². The second-order valence-corrected chi connectivity index (χ2v) is 10.5. The van der Waals surface area contributed by atoms with Crippen molar-refractivity contribution in [1.82, 2.24) is 4.57 Å². The van der Waals surface area contributed by atoms with Crippen molar-refractivity contribution in [2.75, 3.05) is 11.7 Å². The van der Waals surface area contributed by atoms with E-state index in [2.05, 4.69) is 19.9 Å². The number of hydrogen-bond donors (Lipinski definition) is 0. The maximum Gasteiger partial charge on any atom is 0.231 e. The van der Waals surface area contributed by atoms with Gasteiger partial charge in [0.15, 0.2) is 17.3 Å². The molecule has 0 saturated heterocycles. The highest BCUT2D eigenvalue weighted by molar-refractivity contribution is 6.30. The van der Waals surface area contributed by atoms with Crippen molar-refractivity contribution in [1.29, 1.82) is 5.26 Å². The monoisotopic (exact) mass is 497 g/mol. The van der Waals surface area contributed by atoms with Crippen LogP contribution in [0, 0.1) is 16.7 Å². The summed E-state index contributed by atoms with van der Waals surface area (Å²) in [6.45, 7) is 4.38. The summed E-state index contributed by atoms with van der Waals surface area (Å²) >= 11 is 6.42. The Labute approximate surface area is 214 Å². The molecule has 2 aromatic carbocycles. The van der Waals surface area contributed by atoms with Gasteiger partial charge in [0.05, 0.1) is 17.6 Å². The number of carbonyl (C=O) groups is 1. The van der Waals surface area contributed by atoms with E-state index < -0.39 is 5.92 Å². The molecule has 6 rings (SSSR count). The summed E-state index contributed by atoms with van der Waals surface area (Å²) < 4.78 is 13.1. The maximum absolute atomic E-state index is 13.9. The van der Waals surface area contributed by atoms with Crippen molar-refractivity contribution < 1.29 is 14.3 Å². The lowest BCUT2D eigenvalue weighted by atomic mass is 9.68. The second kappa shape index (κ2) is 8.32. The van der Waals surface area contributed by atoms with Gasteiger partial charge in [-0.1, -0.05) is 37.6 Å². The lowest BCUT2D eigenvalue weighted by Crippen LogP contribution is -2.40. The Morgan fingerprint density at radius 1 is 1.03 bits per heavy atom. The third-order valence-electron chi connectivity index (χ3n) is 6.96. The molecule has 1 atom stereocenters. The molecule has 1 aromatic heterocycles. The molecule has 0 N–H and O–H groups in total. The van der Waals surface area contributed by atoms with Crippen LogP contribution in [0.3, 0.4) is 0 Å². The molecule has 0 spiro atoms. The van der Waals surface area contributed by atoms with Crippen molar-refractivity contribution in [3.8, 4) is 17.6 Å². The van der Waals surface area contributed by atoms with Gasteiger partial charge in [0.2, 0.25) is 6.79 Å². The highest BCUT2D eigenvalue weighted by Crippen LogP contribution is 2.53. The summed E-state index contributed by atoms with van der Waals surface area (Å²) in [5, 5.41) is 11.2. The maximum atomic E-state index is 13.9. The second-order valence-electron chi connectivity index (χ2n) is 10.1. The number of hydrogen-bond acceptors (Lipinski definition) is 5. The molecule has 1 unspecified atom stereocenters. The summed E-state index contributed by atoms with van der Waals surface area (Å²) in [7, 11) is 0. The Bertz CT molecular complexity index is 1490. The van der Waals surface area contributed by atoms with E-state index in [9.17, 15) is 10.1 Å². The average molecular weight is 498 g/mol. The van der Waals surface area contributed by atoms with Crippen molar-refractivity contribution in [3.63, 3.8) is 0 Å². The van der Waals surface area contributed by atoms with Crippen molar-refractivity contribution in [2.24, 2.45) is 5.41 Å². The van der Waals surface area contributed by atoms with Crippen molar-refractivity contribution >= 4 is 28.9 Å². The highest BCUT2D eigenvalue weighted by atomic mass is 35.5. The Hall–Kier alpha value is -3.95. The summed E-state index contributed by atoms with van der Waals surface area (Å²) in [5.41, 5.74) is 3.42. The Balaban J connectivity index is 1.67. The van der Waals surface area contributed by atoms with Gasteiger partial charge < -0.3 is 14.0 Å². The van der Waals surface area contributed by atoms with Crippen LogP contribution in [-0.2, 0) is 4.79 Å². The fraction of sp³-hybridized carbons (Fsp3) is 0.241. The molecule has 36 heavy (non-hydrogen) atoms. The number of Topliss-reactive ketones (excluding diaryl/α,β-unsaturated/α-hetero) is 1. The molecule has 0 bridgehead atoms. The first-order chi connectivity index (χ1) is 17.4. The van der Waals surface area contributed by atoms with Crippen LogP contribution in [0.1, 0.15) is 38.2 Å². The molecule has 3 aliphatic rings. The quantitative estimate of drug-likeness (QED) is 0.412. The molecule has 180 valence electrons. The van der Waals surface area contributed by atoms with Crippen molar-refractivity contribution in [3.05, 3.63) is 94.4 Å². The van der Waals surface area contributed by atoms with Crippen LogP contribution in [0.15, 0.2) is 83.8 Å². The van der Waals surface area contributed by atoms with E-state index >= 15 is 0 Å². The molecule has 0 saturated carbocycles. The first-order valence-corrected chi connectivity index (χ1v) is 12.2. The number of rotatable bonds is 3. The third-order valence-corrected chi connectivity index (χ3v) is 7.20. The smallest absolute Gasteiger partial charge is 0.231 e. The van der Waals surface area contributed by atoms with E-state index in [0.717, 1.165) is 16.9 Å². The number of benzene rings is 2. The van der Waals surface area contributed by atoms with Crippen LogP contribution < -0.4 is 14.4 Å². The van der Waals surface area contributed by atoms with Gasteiger partial charge in [-0.25, -0.2) is 0 Å². The van der Waals surface area contributed by atoms with Gasteiger partial charge in [0, 0.05) is 40.8 Å².